The van der Waals surface area contributed by atoms with E-state index in [4.69, 9.17) is 0 Å². The second kappa shape index (κ2) is 7.11. The van der Waals surface area contributed by atoms with E-state index in [1.807, 2.05) is 35.4 Å². The molecule has 1 amide bonds. The minimum absolute atomic E-state index is 0.000134. The van der Waals surface area contributed by atoms with Crippen molar-refractivity contribution in [1.82, 2.24) is 24.7 Å². The molecule has 0 saturated carbocycles. The van der Waals surface area contributed by atoms with Crippen molar-refractivity contribution in [3.8, 4) is 0 Å². The molecule has 2 N–H and O–H groups in total. The van der Waals surface area contributed by atoms with Crippen LogP contribution in [0.1, 0.15) is 54.7 Å². The second-order valence-corrected chi connectivity index (χ2v) is 6.66. The summed E-state index contributed by atoms with van der Waals surface area (Å²) >= 11 is 0. The Morgan fingerprint density at radius 1 is 1.31 bits per heavy atom. The van der Waals surface area contributed by atoms with Gasteiger partial charge in [-0.15, -0.1) is 0 Å². The highest BCUT2D eigenvalue weighted by molar-refractivity contribution is 5.94. The fraction of sp³-hybridized carbons (Fsp3) is 0.368. The van der Waals surface area contributed by atoms with Gasteiger partial charge in [-0.2, -0.15) is 5.10 Å². The third kappa shape index (κ3) is 3.24. The van der Waals surface area contributed by atoms with E-state index in [0.29, 0.717) is 13.0 Å². The van der Waals surface area contributed by atoms with Crippen molar-refractivity contribution in [2.24, 2.45) is 0 Å². The van der Waals surface area contributed by atoms with Crippen LogP contribution < -0.4 is 5.32 Å². The Kier molecular flexibility index (Phi) is 4.51. The van der Waals surface area contributed by atoms with Crippen molar-refractivity contribution < 1.29 is 4.79 Å². The number of aryl methyl sites for hydroxylation is 1. The van der Waals surface area contributed by atoms with Crippen LogP contribution in [0.2, 0.25) is 0 Å². The molecular weight excluding hydrogens is 328 g/mol. The number of unbranched alkanes of at least 4 members (excludes halogenated alkanes) is 1. The van der Waals surface area contributed by atoms with E-state index in [1.165, 1.54) is 0 Å². The van der Waals surface area contributed by atoms with E-state index in [9.17, 15) is 4.79 Å². The van der Waals surface area contributed by atoms with E-state index in [1.54, 1.807) is 6.20 Å². The molecule has 0 fully saturated rings. The predicted octanol–water partition coefficient (Wildman–Crippen LogP) is 2.87. The molecule has 0 aromatic carbocycles. The van der Waals surface area contributed by atoms with Crippen LogP contribution in [0.25, 0.3) is 0 Å². The zero-order valence-electron chi connectivity index (χ0n) is 14.8. The molecule has 1 atom stereocenters. The van der Waals surface area contributed by atoms with Gasteiger partial charge in [0.15, 0.2) is 0 Å². The number of carbonyl (C=O) groups is 1. The molecule has 0 saturated heterocycles. The number of aromatic nitrogens is 5. The van der Waals surface area contributed by atoms with E-state index in [2.05, 4.69) is 32.3 Å². The summed E-state index contributed by atoms with van der Waals surface area (Å²) in [6.45, 7) is 2.74. The van der Waals surface area contributed by atoms with Crippen molar-refractivity contribution in [2.45, 2.75) is 45.1 Å². The number of rotatable bonds is 6. The predicted molar refractivity (Wildman–Crippen MR) is 97.9 cm³/mol. The van der Waals surface area contributed by atoms with Gasteiger partial charge in [0.25, 0.3) is 0 Å². The molecule has 1 aliphatic heterocycles. The van der Waals surface area contributed by atoms with Crippen LogP contribution in [-0.4, -0.2) is 30.6 Å². The van der Waals surface area contributed by atoms with Crippen LogP contribution in [0.15, 0.2) is 36.9 Å². The molecule has 4 rings (SSSR count). The molecule has 0 bridgehead atoms. The number of fused-ring (bicyclic) bond motifs is 1. The molecule has 7 heteroatoms. The molecule has 0 spiro atoms. The summed E-state index contributed by atoms with van der Waals surface area (Å²) in [6.07, 6.45) is 10.8. The Hall–Kier alpha value is -2.96. The second-order valence-electron chi connectivity index (χ2n) is 6.66. The van der Waals surface area contributed by atoms with Crippen molar-refractivity contribution in [3.63, 3.8) is 0 Å². The summed E-state index contributed by atoms with van der Waals surface area (Å²) in [6, 6.07) is 3.90. The largest absolute Gasteiger partial charge is 0.345 e. The van der Waals surface area contributed by atoms with Crippen LogP contribution in [0.3, 0.4) is 0 Å². The van der Waals surface area contributed by atoms with Crippen molar-refractivity contribution in [1.29, 1.82) is 0 Å². The number of H-pyrrole nitrogens is 1. The van der Waals surface area contributed by atoms with Gasteiger partial charge in [-0.1, -0.05) is 19.4 Å². The maximum Gasteiger partial charge on any atom is 0.226 e. The van der Waals surface area contributed by atoms with Gasteiger partial charge in [0.2, 0.25) is 5.91 Å². The van der Waals surface area contributed by atoms with E-state index < -0.39 is 0 Å². The third-order valence-electron chi connectivity index (χ3n) is 4.74. The Bertz CT molecular complexity index is 898. The van der Waals surface area contributed by atoms with Gasteiger partial charge in [-0.3, -0.25) is 9.78 Å². The van der Waals surface area contributed by atoms with Gasteiger partial charge in [-0.05, 0) is 18.1 Å². The van der Waals surface area contributed by atoms with Gasteiger partial charge in [0.1, 0.15) is 11.6 Å². The van der Waals surface area contributed by atoms with Gasteiger partial charge < -0.3 is 10.3 Å². The Morgan fingerprint density at radius 3 is 3.04 bits per heavy atom. The lowest BCUT2D eigenvalue weighted by molar-refractivity contribution is -0.116. The molecule has 134 valence electrons. The lowest BCUT2D eigenvalue weighted by Gasteiger charge is -2.22. The minimum Gasteiger partial charge on any atom is -0.345 e. The lowest BCUT2D eigenvalue weighted by Crippen LogP contribution is -2.25. The Morgan fingerprint density at radius 2 is 2.23 bits per heavy atom. The fourth-order valence-corrected chi connectivity index (χ4v) is 3.36. The molecule has 1 aliphatic rings. The first-order valence-electron chi connectivity index (χ1n) is 9.03. The molecule has 4 heterocycles. The molecule has 0 radical (unpaired) electrons. The molecule has 26 heavy (non-hydrogen) atoms. The molecule has 7 nitrogen and oxygen atoms in total. The van der Waals surface area contributed by atoms with E-state index in [0.717, 1.165) is 47.7 Å². The van der Waals surface area contributed by atoms with Crippen LogP contribution in [0.5, 0.6) is 0 Å². The number of anilines is 1. The topological polar surface area (TPSA) is 88.5 Å². The molecule has 0 unspecified atom stereocenters. The SMILES string of the molecule is CCCCc1ncc([C@@H]2CC(=O)Nc3c2cnn3Cc2cccnc2)[nH]1. The number of pyridine rings is 1. The Labute approximate surface area is 151 Å². The number of amides is 1. The summed E-state index contributed by atoms with van der Waals surface area (Å²) in [4.78, 5) is 24.3. The minimum atomic E-state index is -0.0377. The first-order valence-corrected chi connectivity index (χ1v) is 9.03. The number of nitrogens with one attached hydrogen (secondary N) is 2. The average molecular weight is 350 g/mol. The monoisotopic (exact) mass is 350 g/mol. The highest BCUT2D eigenvalue weighted by Crippen LogP contribution is 2.36. The zero-order valence-corrected chi connectivity index (χ0v) is 14.8. The van der Waals surface area contributed by atoms with Crippen LogP contribution in [0, 0.1) is 0 Å². The molecular formula is C19H22N6O. The fourth-order valence-electron chi connectivity index (χ4n) is 3.36. The average Bonchev–Trinajstić information content (AvgIpc) is 3.28. The van der Waals surface area contributed by atoms with Crippen molar-refractivity contribution >= 4 is 11.7 Å². The summed E-state index contributed by atoms with van der Waals surface area (Å²) in [5.41, 5.74) is 3.05. The lowest BCUT2D eigenvalue weighted by atomic mass is 9.91. The summed E-state index contributed by atoms with van der Waals surface area (Å²) < 4.78 is 1.82. The third-order valence-corrected chi connectivity index (χ3v) is 4.74. The normalized spacial score (nSPS) is 16.3. The summed E-state index contributed by atoms with van der Waals surface area (Å²) in [5.74, 6) is 1.71. The number of imidazole rings is 1. The van der Waals surface area contributed by atoms with E-state index in [-0.39, 0.29) is 11.8 Å². The quantitative estimate of drug-likeness (QED) is 0.715. The van der Waals surface area contributed by atoms with Crippen LogP contribution in [0.4, 0.5) is 5.82 Å². The zero-order chi connectivity index (χ0) is 17.9. The number of hydrogen-bond acceptors (Lipinski definition) is 4. The van der Waals surface area contributed by atoms with Gasteiger partial charge in [0.05, 0.1) is 12.7 Å². The first-order chi connectivity index (χ1) is 12.7. The van der Waals surface area contributed by atoms with Crippen LogP contribution >= 0.6 is 0 Å². The maximum atomic E-state index is 12.3. The van der Waals surface area contributed by atoms with Gasteiger partial charge in [0, 0.05) is 48.6 Å². The molecule has 3 aromatic rings. The summed E-state index contributed by atoms with van der Waals surface area (Å²) in [7, 11) is 0. The van der Waals surface area contributed by atoms with Crippen molar-refractivity contribution in [3.05, 3.63) is 59.6 Å². The number of nitrogens with zero attached hydrogens (tertiary/aromatic N) is 4. The standard InChI is InChI=1S/C19H22N6O/c1-2-3-6-17-21-11-16(23-17)14-8-18(26)24-19-15(14)10-22-25(19)12-13-5-4-7-20-9-13/h4-5,7,9-11,14H,2-3,6,8,12H2,1H3,(H,21,23)(H,24,26)/t14-/m1/s1. The van der Waals surface area contributed by atoms with E-state index >= 15 is 0 Å². The van der Waals surface area contributed by atoms with Gasteiger partial charge in [-0.25, -0.2) is 9.67 Å². The maximum absolute atomic E-state index is 12.3. The molecule has 0 aliphatic carbocycles. The van der Waals surface area contributed by atoms with Crippen molar-refractivity contribution in [2.75, 3.05) is 5.32 Å². The highest BCUT2D eigenvalue weighted by atomic mass is 16.1. The number of carbonyl (C=O) groups excluding carboxylic acids is 1. The summed E-state index contributed by atoms with van der Waals surface area (Å²) in [5, 5.41) is 7.48. The smallest absolute Gasteiger partial charge is 0.226 e. The van der Waals surface area contributed by atoms with Crippen LogP contribution in [-0.2, 0) is 17.8 Å². The number of aromatic amines is 1. The number of hydrogen-bond donors (Lipinski definition) is 2. The molecule has 3 aromatic heterocycles. The Balaban J connectivity index is 1.62. The highest BCUT2D eigenvalue weighted by Gasteiger charge is 2.31. The first kappa shape index (κ1) is 16.5. The van der Waals surface area contributed by atoms with Gasteiger partial charge >= 0.3 is 0 Å².